The Hall–Kier alpha value is -0.610. The highest BCUT2D eigenvalue weighted by Gasteiger charge is 2.02. The quantitative estimate of drug-likeness (QED) is 0.790. The van der Waals surface area contributed by atoms with Gasteiger partial charge in [-0.3, -0.25) is 0 Å². The molecule has 1 N–H and O–H groups in total. The third-order valence-electron chi connectivity index (χ3n) is 1.54. The maximum atomic E-state index is 11.2. The van der Waals surface area contributed by atoms with Gasteiger partial charge in [0.2, 0.25) is 0 Å². The van der Waals surface area contributed by atoms with Crippen molar-refractivity contribution in [3.63, 3.8) is 0 Å². The average Bonchev–Trinajstić information content (AvgIpc) is 2.09. The van der Waals surface area contributed by atoms with E-state index < -0.39 is 11.0 Å². The molecule has 1 heterocycles. The SMILES string of the molecule is CCS(=O)Nc1ccc(Cl)nc1C. The highest BCUT2D eigenvalue weighted by molar-refractivity contribution is 7.86. The van der Waals surface area contributed by atoms with Gasteiger partial charge in [-0.05, 0) is 19.1 Å². The lowest BCUT2D eigenvalue weighted by Gasteiger charge is -2.06. The molecule has 13 heavy (non-hydrogen) atoms. The summed E-state index contributed by atoms with van der Waals surface area (Å²) in [5.74, 6) is 0.571. The maximum Gasteiger partial charge on any atom is 0.129 e. The first-order valence-corrected chi connectivity index (χ1v) is 5.61. The standard InChI is InChI=1S/C8H11ClN2OS/c1-3-13(12)11-7-4-5-8(9)10-6(7)2/h4-5,11H,3H2,1-2H3. The molecule has 0 aromatic carbocycles. The molecule has 0 aliphatic rings. The van der Waals surface area contributed by atoms with E-state index in [1.54, 1.807) is 12.1 Å². The molecule has 5 heteroatoms. The Balaban J connectivity index is 2.83. The van der Waals surface area contributed by atoms with Crippen molar-refractivity contribution in [1.29, 1.82) is 0 Å². The number of anilines is 1. The van der Waals surface area contributed by atoms with Crippen LogP contribution in [0.1, 0.15) is 12.6 Å². The fraction of sp³-hybridized carbons (Fsp3) is 0.375. The van der Waals surface area contributed by atoms with Gasteiger partial charge >= 0.3 is 0 Å². The van der Waals surface area contributed by atoms with Crippen LogP contribution in [0, 0.1) is 6.92 Å². The van der Waals surface area contributed by atoms with Crippen LogP contribution < -0.4 is 4.72 Å². The fourth-order valence-electron chi connectivity index (χ4n) is 0.833. The summed E-state index contributed by atoms with van der Waals surface area (Å²) in [5, 5.41) is 0.449. The number of aromatic nitrogens is 1. The van der Waals surface area contributed by atoms with Gasteiger partial charge in [0.05, 0.1) is 11.4 Å². The lowest BCUT2D eigenvalue weighted by Crippen LogP contribution is -2.07. The molecule has 1 aromatic rings. The molecule has 0 amide bonds. The molecule has 1 atom stereocenters. The topological polar surface area (TPSA) is 42.0 Å². The van der Waals surface area contributed by atoms with Gasteiger partial charge in [0.15, 0.2) is 0 Å². The van der Waals surface area contributed by atoms with Crippen molar-refractivity contribution in [2.75, 3.05) is 10.5 Å². The first-order valence-electron chi connectivity index (χ1n) is 3.91. The Bertz CT molecular complexity index is 330. The van der Waals surface area contributed by atoms with Gasteiger partial charge in [-0.1, -0.05) is 18.5 Å². The Labute approximate surface area is 85.1 Å². The van der Waals surface area contributed by atoms with Gasteiger partial charge in [-0.25, -0.2) is 9.19 Å². The molecule has 0 fully saturated rings. The Kier molecular flexibility index (Phi) is 3.69. The van der Waals surface area contributed by atoms with Gasteiger partial charge in [0.25, 0.3) is 0 Å². The van der Waals surface area contributed by atoms with Crippen molar-refractivity contribution in [1.82, 2.24) is 4.98 Å². The summed E-state index contributed by atoms with van der Waals surface area (Å²) in [6, 6.07) is 3.45. The Morgan fingerprint density at radius 1 is 1.62 bits per heavy atom. The molecule has 72 valence electrons. The average molecular weight is 219 g/mol. The van der Waals surface area contributed by atoms with E-state index in [0.29, 0.717) is 10.9 Å². The smallest absolute Gasteiger partial charge is 0.129 e. The van der Waals surface area contributed by atoms with E-state index >= 15 is 0 Å². The molecule has 1 aromatic heterocycles. The normalized spacial score (nSPS) is 12.5. The van der Waals surface area contributed by atoms with Crippen molar-refractivity contribution < 1.29 is 4.21 Å². The van der Waals surface area contributed by atoms with E-state index in [1.165, 1.54) is 0 Å². The van der Waals surface area contributed by atoms with E-state index in [0.717, 1.165) is 11.4 Å². The van der Waals surface area contributed by atoms with Crippen LogP contribution in [0.15, 0.2) is 12.1 Å². The molecular weight excluding hydrogens is 208 g/mol. The second kappa shape index (κ2) is 4.58. The minimum absolute atomic E-state index is 0.449. The van der Waals surface area contributed by atoms with Crippen molar-refractivity contribution in [3.05, 3.63) is 23.0 Å². The first kappa shape index (κ1) is 10.5. The lowest BCUT2D eigenvalue weighted by molar-refractivity contribution is 0.687. The molecule has 0 radical (unpaired) electrons. The molecule has 3 nitrogen and oxygen atoms in total. The second-order valence-electron chi connectivity index (χ2n) is 2.50. The Morgan fingerprint density at radius 2 is 2.31 bits per heavy atom. The minimum Gasteiger partial charge on any atom is -0.303 e. The number of pyridine rings is 1. The molecule has 0 saturated heterocycles. The zero-order chi connectivity index (χ0) is 9.84. The van der Waals surface area contributed by atoms with Crippen LogP contribution >= 0.6 is 11.6 Å². The number of hydrogen-bond acceptors (Lipinski definition) is 2. The first-order chi connectivity index (χ1) is 6.13. The van der Waals surface area contributed by atoms with Gasteiger partial charge in [-0.2, -0.15) is 0 Å². The van der Waals surface area contributed by atoms with Gasteiger partial charge in [0, 0.05) is 5.75 Å². The highest BCUT2D eigenvalue weighted by atomic mass is 35.5. The molecule has 0 aliphatic heterocycles. The van der Waals surface area contributed by atoms with Crippen LogP contribution in [0.2, 0.25) is 5.15 Å². The zero-order valence-electron chi connectivity index (χ0n) is 7.50. The van der Waals surface area contributed by atoms with E-state index in [4.69, 9.17) is 11.6 Å². The number of nitrogens with one attached hydrogen (secondary N) is 1. The van der Waals surface area contributed by atoms with Gasteiger partial charge in [-0.15, -0.1) is 0 Å². The van der Waals surface area contributed by atoms with E-state index in [9.17, 15) is 4.21 Å². The minimum atomic E-state index is -1.03. The van der Waals surface area contributed by atoms with E-state index in [2.05, 4.69) is 9.71 Å². The zero-order valence-corrected chi connectivity index (χ0v) is 9.08. The lowest BCUT2D eigenvalue weighted by atomic mass is 10.3. The number of halogens is 1. The highest BCUT2D eigenvalue weighted by Crippen LogP contribution is 2.15. The third kappa shape index (κ3) is 2.97. The fourth-order valence-corrected chi connectivity index (χ4v) is 1.63. The van der Waals surface area contributed by atoms with Crippen molar-refractivity contribution in [2.45, 2.75) is 13.8 Å². The van der Waals surface area contributed by atoms with Crippen LogP contribution in [-0.2, 0) is 11.0 Å². The van der Waals surface area contributed by atoms with Crippen LogP contribution in [0.25, 0.3) is 0 Å². The summed E-state index contributed by atoms with van der Waals surface area (Å²) in [5.41, 5.74) is 1.53. The predicted octanol–water partition coefficient (Wildman–Crippen LogP) is 2.14. The summed E-state index contributed by atoms with van der Waals surface area (Å²) in [7, 11) is -1.03. The second-order valence-corrected chi connectivity index (χ2v) is 4.36. The summed E-state index contributed by atoms with van der Waals surface area (Å²) in [6.07, 6.45) is 0. The van der Waals surface area contributed by atoms with Gasteiger partial charge in [0.1, 0.15) is 16.1 Å². The maximum absolute atomic E-state index is 11.2. The monoisotopic (exact) mass is 218 g/mol. The van der Waals surface area contributed by atoms with E-state index in [1.807, 2.05) is 13.8 Å². The number of rotatable bonds is 3. The Morgan fingerprint density at radius 3 is 2.85 bits per heavy atom. The summed E-state index contributed by atoms with van der Waals surface area (Å²) >= 11 is 5.67. The van der Waals surface area contributed by atoms with Crippen molar-refractivity contribution >= 4 is 28.3 Å². The molecule has 0 bridgehead atoms. The van der Waals surface area contributed by atoms with Crippen LogP contribution in [-0.4, -0.2) is 14.9 Å². The summed E-state index contributed by atoms with van der Waals surface area (Å²) < 4.78 is 14.0. The largest absolute Gasteiger partial charge is 0.303 e. The van der Waals surface area contributed by atoms with Crippen molar-refractivity contribution in [2.24, 2.45) is 0 Å². The number of hydrogen-bond donors (Lipinski definition) is 1. The van der Waals surface area contributed by atoms with Crippen LogP contribution in [0.4, 0.5) is 5.69 Å². The molecule has 0 saturated carbocycles. The molecule has 1 unspecified atom stereocenters. The van der Waals surface area contributed by atoms with Crippen LogP contribution in [0.3, 0.4) is 0 Å². The molecule has 1 rings (SSSR count). The number of aryl methyl sites for hydroxylation is 1. The molecular formula is C8H11ClN2OS. The molecule has 0 spiro atoms. The van der Waals surface area contributed by atoms with Crippen molar-refractivity contribution in [3.8, 4) is 0 Å². The van der Waals surface area contributed by atoms with E-state index in [-0.39, 0.29) is 0 Å². The predicted molar refractivity (Wildman–Crippen MR) is 56.3 cm³/mol. The van der Waals surface area contributed by atoms with Crippen LogP contribution in [0.5, 0.6) is 0 Å². The summed E-state index contributed by atoms with van der Waals surface area (Å²) in [4.78, 5) is 4.03. The van der Waals surface area contributed by atoms with Gasteiger partial charge < -0.3 is 4.72 Å². The number of nitrogens with zero attached hydrogens (tertiary/aromatic N) is 1. The third-order valence-corrected chi connectivity index (χ3v) is 2.72. The molecule has 0 aliphatic carbocycles. The summed E-state index contributed by atoms with van der Waals surface area (Å²) in [6.45, 7) is 3.67.